The maximum absolute atomic E-state index is 12.4. The minimum Gasteiger partial charge on any atom is -0.479 e. The van der Waals surface area contributed by atoms with E-state index in [0.29, 0.717) is 17.2 Å². The van der Waals surface area contributed by atoms with Crippen molar-refractivity contribution in [1.29, 1.82) is 0 Å². The number of hydrogen-bond donors (Lipinski definition) is 1. The van der Waals surface area contributed by atoms with Gasteiger partial charge in [0.1, 0.15) is 5.75 Å². The molecule has 0 spiro atoms. The Bertz CT molecular complexity index is 642. The molecule has 0 unspecified atom stereocenters. The molecule has 0 aliphatic rings. The lowest BCUT2D eigenvalue weighted by atomic mass is 10.1. The highest BCUT2D eigenvalue weighted by Gasteiger charge is 2.20. The topological polar surface area (TPSA) is 38.3 Å². The van der Waals surface area contributed by atoms with Gasteiger partial charge in [-0.05, 0) is 36.6 Å². The van der Waals surface area contributed by atoms with Crippen molar-refractivity contribution in [3.8, 4) is 5.75 Å². The van der Waals surface area contributed by atoms with Gasteiger partial charge in [0.05, 0.1) is 5.02 Å². The number of anilines is 1. The molecule has 0 fully saturated rings. The number of ether oxygens (including phenoxy) is 1. The van der Waals surface area contributed by atoms with Gasteiger partial charge in [-0.1, -0.05) is 55.8 Å². The molecule has 2 aromatic rings. The molecule has 3 nitrogen and oxygen atoms in total. The smallest absolute Gasteiger partial charge is 0.265 e. The predicted octanol–water partition coefficient (Wildman–Crippen LogP) is 4.70. The summed E-state index contributed by atoms with van der Waals surface area (Å²) in [6, 6.07) is 14.9. The number of carbonyl (C=O) groups excluding carboxylic acids is 1. The van der Waals surface area contributed by atoms with Gasteiger partial charge in [0, 0.05) is 5.69 Å². The zero-order chi connectivity index (χ0) is 15.9. The molecule has 1 N–H and O–H groups in total. The number of hydrogen-bond acceptors (Lipinski definition) is 2. The second-order valence-corrected chi connectivity index (χ2v) is 5.35. The van der Waals surface area contributed by atoms with Crippen molar-refractivity contribution in [2.75, 3.05) is 5.32 Å². The lowest BCUT2D eigenvalue weighted by molar-refractivity contribution is -0.122. The average Bonchev–Trinajstić information content (AvgIpc) is 2.54. The molecule has 0 radical (unpaired) electrons. The number of rotatable bonds is 6. The van der Waals surface area contributed by atoms with E-state index in [1.54, 1.807) is 12.1 Å². The van der Waals surface area contributed by atoms with Gasteiger partial charge in [-0.2, -0.15) is 0 Å². The fourth-order valence-electron chi connectivity index (χ4n) is 2.18. The standard InChI is InChI=1S/C18H20ClNO2/c1-3-13-9-5-7-11-15(13)20-18(21)16(4-2)22-17-12-8-6-10-14(17)19/h5-12,16H,3-4H2,1-2H3,(H,20,21)/t16-/m1/s1. The number of para-hydroxylation sites is 2. The summed E-state index contributed by atoms with van der Waals surface area (Å²) in [5.41, 5.74) is 1.93. The van der Waals surface area contributed by atoms with Gasteiger partial charge in [-0.25, -0.2) is 0 Å². The lowest BCUT2D eigenvalue weighted by Crippen LogP contribution is -2.32. The van der Waals surface area contributed by atoms with Crippen LogP contribution in [0, 0.1) is 0 Å². The summed E-state index contributed by atoms with van der Waals surface area (Å²) < 4.78 is 5.76. The molecule has 0 aromatic heterocycles. The summed E-state index contributed by atoms with van der Waals surface area (Å²) in [4.78, 5) is 12.4. The minimum atomic E-state index is -0.579. The second-order valence-electron chi connectivity index (χ2n) is 4.95. The number of nitrogens with one attached hydrogen (secondary N) is 1. The summed E-state index contributed by atoms with van der Waals surface area (Å²) in [6.45, 7) is 3.97. The second kappa shape index (κ2) is 7.85. The molecule has 22 heavy (non-hydrogen) atoms. The maximum atomic E-state index is 12.4. The van der Waals surface area contributed by atoms with E-state index in [1.807, 2.05) is 43.3 Å². The minimum absolute atomic E-state index is 0.164. The van der Waals surface area contributed by atoms with Crippen molar-refractivity contribution in [3.63, 3.8) is 0 Å². The Hall–Kier alpha value is -2.00. The van der Waals surface area contributed by atoms with E-state index in [0.717, 1.165) is 17.7 Å². The number of amides is 1. The normalized spacial score (nSPS) is 11.8. The molecular formula is C18H20ClNO2. The highest BCUT2D eigenvalue weighted by atomic mass is 35.5. The molecule has 0 heterocycles. The third-order valence-corrected chi connectivity index (χ3v) is 3.74. The molecule has 2 aromatic carbocycles. The van der Waals surface area contributed by atoms with Crippen molar-refractivity contribution in [2.45, 2.75) is 32.8 Å². The van der Waals surface area contributed by atoms with Crippen LogP contribution in [0.5, 0.6) is 5.75 Å². The van der Waals surface area contributed by atoms with Crippen molar-refractivity contribution in [1.82, 2.24) is 0 Å². The van der Waals surface area contributed by atoms with Crippen LogP contribution >= 0.6 is 11.6 Å². The van der Waals surface area contributed by atoms with Gasteiger partial charge in [-0.3, -0.25) is 4.79 Å². The van der Waals surface area contributed by atoms with Gasteiger partial charge in [0.15, 0.2) is 6.10 Å². The Morgan fingerprint density at radius 3 is 2.50 bits per heavy atom. The van der Waals surface area contributed by atoms with Crippen LogP contribution in [0.1, 0.15) is 25.8 Å². The van der Waals surface area contributed by atoms with Crippen LogP contribution in [0.4, 0.5) is 5.69 Å². The largest absolute Gasteiger partial charge is 0.479 e. The molecule has 2 rings (SSSR count). The predicted molar refractivity (Wildman–Crippen MR) is 90.6 cm³/mol. The molecule has 1 amide bonds. The first kappa shape index (κ1) is 16.4. The average molecular weight is 318 g/mol. The summed E-state index contributed by atoms with van der Waals surface area (Å²) in [5.74, 6) is 0.360. The first-order valence-electron chi connectivity index (χ1n) is 7.45. The van der Waals surface area contributed by atoms with E-state index in [4.69, 9.17) is 16.3 Å². The Morgan fingerprint density at radius 2 is 1.82 bits per heavy atom. The van der Waals surface area contributed by atoms with Crippen LogP contribution in [0.2, 0.25) is 5.02 Å². The van der Waals surface area contributed by atoms with Crippen molar-refractivity contribution in [3.05, 3.63) is 59.1 Å². The molecule has 0 aliphatic carbocycles. The van der Waals surface area contributed by atoms with Crippen LogP contribution in [0.15, 0.2) is 48.5 Å². The summed E-state index contributed by atoms with van der Waals surface area (Å²) >= 11 is 6.08. The molecule has 0 saturated carbocycles. The maximum Gasteiger partial charge on any atom is 0.265 e. The van der Waals surface area contributed by atoms with Crippen LogP contribution < -0.4 is 10.1 Å². The van der Waals surface area contributed by atoms with E-state index >= 15 is 0 Å². The van der Waals surface area contributed by atoms with Crippen LogP contribution in [0.25, 0.3) is 0 Å². The Balaban J connectivity index is 2.11. The number of aryl methyl sites for hydroxylation is 1. The van der Waals surface area contributed by atoms with Gasteiger partial charge in [0.2, 0.25) is 0 Å². The lowest BCUT2D eigenvalue weighted by Gasteiger charge is -2.19. The molecular weight excluding hydrogens is 298 g/mol. The Kier molecular flexibility index (Phi) is 5.84. The van der Waals surface area contributed by atoms with Crippen molar-refractivity contribution < 1.29 is 9.53 Å². The van der Waals surface area contributed by atoms with E-state index in [-0.39, 0.29) is 5.91 Å². The zero-order valence-corrected chi connectivity index (χ0v) is 13.6. The number of carbonyl (C=O) groups is 1. The van der Waals surface area contributed by atoms with E-state index in [1.165, 1.54) is 0 Å². The Morgan fingerprint density at radius 1 is 1.14 bits per heavy atom. The highest BCUT2D eigenvalue weighted by molar-refractivity contribution is 6.32. The van der Waals surface area contributed by atoms with Gasteiger partial charge >= 0.3 is 0 Å². The molecule has 0 aliphatic heterocycles. The molecule has 4 heteroatoms. The van der Waals surface area contributed by atoms with E-state index in [9.17, 15) is 4.79 Å². The van der Waals surface area contributed by atoms with E-state index in [2.05, 4.69) is 12.2 Å². The number of benzene rings is 2. The summed E-state index contributed by atoms with van der Waals surface area (Å²) in [5, 5.41) is 3.45. The third kappa shape index (κ3) is 4.01. The first-order chi connectivity index (χ1) is 10.7. The summed E-state index contributed by atoms with van der Waals surface area (Å²) in [6.07, 6.45) is 0.842. The van der Waals surface area contributed by atoms with Crippen molar-refractivity contribution >= 4 is 23.2 Å². The molecule has 116 valence electrons. The summed E-state index contributed by atoms with van der Waals surface area (Å²) in [7, 11) is 0. The first-order valence-corrected chi connectivity index (χ1v) is 7.83. The SMILES string of the molecule is CCc1ccccc1NC(=O)[C@@H](CC)Oc1ccccc1Cl. The van der Waals surface area contributed by atoms with E-state index < -0.39 is 6.10 Å². The molecule has 1 atom stereocenters. The van der Waals surface area contributed by atoms with Gasteiger partial charge in [-0.15, -0.1) is 0 Å². The third-order valence-electron chi connectivity index (χ3n) is 3.43. The molecule has 0 saturated heterocycles. The Labute approximate surface area is 136 Å². The van der Waals surface area contributed by atoms with Crippen LogP contribution in [0.3, 0.4) is 0 Å². The highest BCUT2D eigenvalue weighted by Crippen LogP contribution is 2.25. The quantitative estimate of drug-likeness (QED) is 0.838. The fraction of sp³-hybridized carbons (Fsp3) is 0.278. The number of halogens is 1. The van der Waals surface area contributed by atoms with Gasteiger partial charge in [0.25, 0.3) is 5.91 Å². The van der Waals surface area contributed by atoms with Crippen LogP contribution in [-0.4, -0.2) is 12.0 Å². The zero-order valence-electron chi connectivity index (χ0n) is 12.8. The molecule has 0 bridgehead atoms. The van der Waals surface area contributed by atoms with Gasteiger partial charge < -0.3 is 10.1 Å². The van der Waals surface area contributed by atoms with Crippen LogP contribution in [-0.2, 0) is 11.2 Å². The monoisotopic (exact) mass is 317 g/mol. The fourth-order valence-corrected chi connectivity index (χ4v) is 2.36. The van der Waals surface area contributed by atoms with Crippen molar-refractivity contribution in [2.24, 2.45) is 0 Å².